The Hall–Kier alpha value is -4.09. The van der Waals surface area contributed by atoms with Gasteiger partial charge in [0.15, 0.2) is 0 Å². The van der Waals surface area contributed by atoms with Crippen molar-refractivity contribution in [3.05, 3.63) is 89.4 Å². The summed E-state index contributed by atoms with van der Waals surface area (Å²) in [4.78, 5) is 39.0. The fourth-order valence-electron chi connectivity index (χ4n) is 4.77. The zero-order valence-electron chi connectivity index (χ0n) is 23.9. The van der Waals surface area contributed by atoms with E-state index in [2.05, 4.69) is 10.6 Å². The summed E-state index contributed by atoms with van der Waals surface area (Å²) in [5.41, 5.74) is 1.25. The quantitative estimate of drug-likeness (QED) is 0.302. The molecule has 1 aliphatic rings. The number of benzene rings is 3. The lowest BCUT2D eigenvalue weighted by atomic mass is 9.95. The summed E-state index contributed by atoms with van der Waals surface area (Å²) in [5.74, 6) is -0.964. The Labute approximate surface area is 257 Å². The van der Waals surface area contributed by atoms with Crippen LogP contribution in [0.15, 0.2) is 83.8 Å². The Kier molecular flexibility index (Phi) is 11.0. The maximum atomic E-state index is 13.9. The van der Waals surface area contributed by atoms with E-state index in [9.17, 15) is 22.8 Å². The molecule has 1 aliphatic carbocycles. The Morgan fingerprint density at radius 2 is 1.60 bits per heavy atom. The van der Waals surface area contributed by atoms with E-state index in [1.165, 1.54) is 37.4 Å². The van der Waals surface area contributed by atoms with Crippen molar-refractivity contribution < 1.29 is 27.5 Å². The van der Waals surface area contributed by atoms with Gasteiger partial charge in [0.05, 0.1) is 10.6 Å². The molecule has 1 fully saturated rings. The van der Waals surface area contributed by atoms with Crippen LogP contribution in [0.1, 0.15) is 37.7 Å². The van der Waals surface area contributed by atoms with Crippen LogP contribution in [0, 0.1) is 0 Å². The third-order valence-electron chi connectivity index (χ3n) is 6.96. The number of sulfonamides is 1. The third-order valence-corrected chi connectivity index (χ3v) is 8.96. The maximum Gasteiger partial charge on any atom is 0.410 e. The lowest BCUT2D eigenvalue weighted by Gasteiger charge is -2.27. The molecule has 4 rings (SSSR count). The van der Waals surface area contributed by atoms with Gasteiger partial charge in [-0.05, 0) is 54.8 Å². The Bertz CT molecular complexity index is 1530. The van der Waals surface area contributed by atoms with Gasteiger partial charge in [-0.3, -0.25) is 13.9 Å². The van der Waals surface area contributed by atoms with Gasteiger partial charge in [-0.15, -0.1) is 0 Å². The summed E-state index contributed by atoms with van der Waals surface area (Å²) in [5, 5.41) is 5.91. The first kappa shape index (κ1) is 31.8. The second kappa shape index (κ2) is 14.9. The second-order valence-electron chi connectivity index (χ2n) is 10.4. The van der Waals surface area contributed by atoms with Gasteiger partial charge in [-0.25, -0.2) is 13.2 Å². The second-order valence-corrected chi connectivity index (χ2v) is 12.7. The maximum absolute atomic E-state index is 13.9. The minimum Gasteiger partial charge on any atom is -0.445 e. The van der Waals surface area contributed by atoms with Gasteiger partial charge in [0.1, 0.15) is 19.7 Å². The Morgan fingerprint density at radius 1 is 0.884 bits per heavy atom. The Morgan fingerprint density at radius 3 is 2.33 bits per heavy atom. The molecule has 3 aromatic carbocycles. The predicted molar refractivity (Wildman–Crippen MR) is 165 cm³/mol. The highest BCUT2D eigenvalue weighted by Gasteiger charge is 2.29. The number of amides is 3. The van der Waals surface area contributed by atoms with E-state index in [-0.39, 0.29) is 35.5 Å². The first-order valence-corrected chi connectivity index (χ1v) is 15.8. The van der Waals surface area contributed by atoms with Crippen molar-refractivity contribution in [1.29, 1.82) is 0 Å². The fraction of sp³-hybridized carbons (Fsp3) is 0.323. The number of hydrogen-bond acceptors (Lipinski definition) is 6. The molecule has 43 heavy (non-hydrogen) atoms. The Balaban J connectivity index is 1.44. The molecule has 2 N–H and O–H groups in total. The van der Waals surface area contributed by atoms with Crippen molar-refractivity contribution in [1.82, 2.24) is 10.2 Å². The van der Waals surface area contributed by atoms with Crippen LogP contribution in [0.2, 0.25) is 5.02 Å². The lowest BCUT2D eigenvalue weighted by Crippen LogP contribution is -2.45. The molecule has 0 radical (unpaired) electrons. The van der Waals surface area contributed by atoms with Crippen molar-refractivity contribution in [2.24, 2.45) is 0 Å². The van der Waals surface area contributed by atoms with Crippen LogP contribution in [-0.4, -0.2) is 57.4 Å². The van der Waals surface area contributed by atoms with E-state index >= 15 is 0 Å². The largest absolute Gasteiger partial charge is 0.445 e. The summed E-state index contributed by atoms with van der Waals surface area (Å²) in [6.45, 7) is -0.695. The molecular formula is C31H35ClN4O6S. The molecule has 0 bridgehead atoms. The average Bonchev–Trinajstić information content (AvgIpc) is 2.99. The first-order valence-electron chi connectivity index (χ1n) is 14.0. The number of hydrogen-bond donors (Lipinski definition) is 2. The number of nitrogens with zero attached hydrogens (tertiary/aromatic N) is 2. The molecule has 0 heterocycles. The van der Waals surface area contributed by atoms with E-state index in [0.717, 1.165) is 46.9 Å². The van der Waals surface area contributed by atoms with Crippen LogP contribution in [0.4, 0.5) is 16.2 Å². The van der Waals surface area contributed by atoms with Gasteiger partial charge in [0, 0.05) is 23.8 Å². The van der Waals surface area contributed by atoms with Crippen molar-refractivity contribution in [3.8, 4) is 0 Å². The molecular weight excluding hydrogens is 592 g/mol. The third kappa shape index (κ3) is 9.20. The van der Waals surface area contributed by atoms with Crippen LogP contribution >= 0.6 is 11.6 Å². The molecule has 10 nitrogen and oxygen atoms in total. The molecule has 0 atom stereocenters. The molecule has 3 aromatic rings. The first-order chi connectivity index (χ1) is 20.6. The van der Waals surface area contributed by atoms with E-state index in [4.69, 9.17) is 16.3 Å². The smallest absolute Gasteiger partial charge is 0.410 e. The molecule has 12 heteroatoms. The van der Waals surface area contributed by atoms with Gasteiger partial charge in [-0.1, -0.05) is 73.3 Å². The summed E-state index contributed by atoms with van der Waals surface area (Å²) >= 11 is 6.17. The summed E-state index contributed by atoms with van der Waals surface area (Å²) < 4.78 is 34.0. The van der Waals surface area contributed by atoms with E-state index in [1.54, 1.807) is 18.2 Å². The topological polar surface area (TPSA) is 125 Å². The minimum absolute atomic E-state index is 0.0115. The molecule has 0 unspecified atom stereocenters. The van der Waals surface area contributed by atoms with Gasteiger partial charge < -0.3 is 20.3 Å². The highest BCUT2D eigenvalue weighted by molar-refractivity contribution is 7.92. The normalized spacial score (nSPS) is 13.5. The zero-order valence-corrected chi connectivity index (χ0v) is 25.4. The van der Waals surface area contributed by atoms with Crippen LogP contribution in [0.3, 0.4) is 0 Å². The highest BCUT2D eigenvalue weighted by Crippen LogP contribution is 2.27. The monoisotopic (exact) mass is 626 g/mol. The summed E-state index contributed by atoms with van der Waals surface area (Å²) in [6.07, 6.45) is 4.19. The van der Waals surface area contributed by atoms with Gasteiger partial charge in [-0.2, -0.15) is 0 Å². The molecule has 3 amide bonds. The minimum atomic E-state index is -4.26. The fourth-order valence-corrected chi connectivity index (χ4v) is 6.41. The van der Waals surface area contributed by atoms with Crippen LogP contribution < -0.4 is 14.9 Å². The zero-order chi connectivity index (χ0) is 30.8. The number of carbonyl (C=O) groups excluding carboxylic acids is 3. The van der Waals surface area contributed by atoms with E-state index < -0.39 is 34.5 Å². The van der Waals surface area contributed by atoms with Crippen LogP contribution in [-0.2, 0) is 31.0 Å². The molecule has 0 aliphatic heterocycles. The number of likely N-dealkylation sites (N-methyl/N-ethyl adjacent to an activating group) is 1. The van der Waals surface area contributed by atoms with Crippen LogP contribution in [0.25, 0.3) is 0 Å². The summed E-state index contributed by atoms with van der Waals surface area (Å²) in [6, 6.07) is 21.1. The van der Waals surface area contributed by atoms with E-state index in [1.807, 2.05) is 30.3 Å². The van der Waals surface area contributed by atoms with Crippen molar-refractivity contribution in [3.63, 3.8) is 0 Å². The predicted octanol–water partition coefficient (Wildman–Crippen LogP) is 5.19. The van der Waals surface area contributed by atoms with Crippen molar-refractivity contribution in [2.45, 2.75) is 49.6 Å². The molecule has 1 saturated carbocycles. The number of ether oxygens (including phenoxy) is 1. The SMILES string of the molecule is CN(CC(=O)Nc1cccc(S(=O)(=O)N(CC(=O)NC2CCCCC2)c2cccc(Cl)c2)c1)C(=O)OCc1ccccc1. The molecule has 0 spiro atoms. The van der Waals surface area contributed by atoms with Gasteiger partial charge >= 0.3 is 6.09 Å². The number of nitrogens with one attached hydrogen (secondary N) is 2. The lowest BCUT2D eigenvalue weighted by molar-refractivity contribution is -0.120. The summed E-state index contributed by atoms with van der Waals surface area (Å²) in [7, 11) is -2.83. The molecule has 228 valence electrons. The van der Waals surface area contributed by atoms with Gasteiger partial charge in [0.2, 0.25) is 11.8 Å². The highest BCUT2D eigenvalue weighted by atomic mass is 35.5. The van der Waals surface area contributed by atoms with Crippen molar-refractivity contribution in [2.75, 3.05) is 29.8 Å². The van der Waals surface area contributed by atoms with Crippen LogP contribution in [0.5, 0.6) is 0 Å². The number of halogens is 1. The van der Waals surface area contributed by atoms with Crippen molar-refractivity contribution >= 4 is 50.9 Å². The number of rotatable bonds is 11. The van der Waals surface area contributed by atoms with Gasteiger partial charge in [0.25, 0.3) is 10.0 Å². The standard InChI is InChI=1S/C31H35ClN4O6S/c1-35(31(39)42-22-23-10-4-2-5-11-23)20-29(37)34-26-15-9-17-28(19-26)43(40,41)36(27-16-8-12-24(32)18-27)21-30(38)33-25-13-6-3-7-14-25/h2,4-5,8-12,15-19,25H,3,6-7,13-14,20-22H2,1H3,(H,33,38)(H,34,37). The average molecular weight is 627 g/mol. The number of carbonyl (C=O) groups is 3. The molecule has 0 saturated heterocycles. The van der Waals surface area contributed by atoms with E-state index in [0.29, 0.717) is 5.02 Å². The molecule has 0 aromatic heterocycles. The number of anilines is 2.